The molecule has 3 aromatic rings. The van der Waals surface area contributed by atoms with Crippen LogP contribution in [0.15, 0.2) is 39.4 Å². The van der Waals surface area contributed by atoms with Crippen molar-refractivity contribution < 1.29 is 4.92 Å². The van der Waals surface area contributed by atoms with Crippen molar-refractivity contribution in [3.8, 4) is 0 Å². The molecule has 0 amide bonds. The third-order valence-electron chi connectivity index (χ3n) is 3.00. The fourth-order valence-electron chi connectivity index (χ4n) is 1.95. The minimum absolute atomic E-state index is 0.0342. The van der Waals surface area contributed by atoms with Crippen LogP contribution in [0.5, 0.6) is 0 Å². The first-order valence-corrected chi connectivity index (χ1v) is 7.42. The molecule has 11 heteroatoms. The first-order chi connectivity index (χ1) is 11.0. The summed E-state index contributed by atoms with van der Waals surface area (Å²) < 4.78 is 2.64. The highest BCUT2D eigenvalue weighted by atomic mass is 32.2. The molecule has 0 radical (unpaired) electrons. The van der Waals surface area contributed by atoms with Gasteiger partial charge >= 0.3 is 11.2 Å². The molecule has 23 heavy (non-hydrogen) atoms. The monoisotopic (exact) mass is 333 g/mol. The van der Waals surface area contributed by atoms with Crippen LogP contribution in [0.25, 0.3) is 5.65 Å². The van der Waals surface area contributed by atoms with Crippen LogP contribution in [-0.2, 0) is 0 Å². The van der Waals surface area contributed by atoms with Crippen molar-refractivity contribution >= 4 is 23.1 Å². The van der Waals surface area contributed by atoms with Crippen molar-refractivity contribution in [3.63, 3.8) is 0 Å². The average molecular weight is 333 g/mol. The minimum Gasteiger partial charge on any atom is -0.262 e. The van der Waals surface area contributed by atoms with Crippen LogP contribution in [0.2, 0.25) is 0 Å². The zero-order valence-corrected chi connectivity index (χ0v) is 13.0. The lowest BCUT2D eigenvalue weighted by atomic mass is 10.4. The van der Waals surface area contributed by atoms with E-state index in [4.69, 9.17) is 0 Å². The summed E-state index contributed by atoms with van der Waals surface area (Å²) in [6.07, 6.45) is 1.43. The Morgan fingerprint density at radius 2 is 2.13 bits per heavy atom. The van der Waals surface area contributed by atoms with E-state index in [9.17, 15) is 14.9 Å². The van der Waals surface area contributed by atoms with Gasteiger partial charge in [-0.1, -0.05) is 6.07 Å². The van der Waals surface area contributed by atoms with Gasteiger partial charge in [0.15, 0.2) is 5.03 Å². The molecule has 0 bridgehead atoms. The third kappa shape index (κ3) is 2.65. The smallest absolute Gasteiger partial charge is 0.262 e. The molecule has 0 aliphatic heterocycles. The Hall–Kier alpha value is -2.82. The molecule has 0 saturated carbocycles. The molecule has 0 saturated heterocycles. The number of aromatic nitrogens is 6. The molecule has 3 rings (SSSR count). The SMILES string of the molecule is CC(C)n1nnnc1Sc1nc2ccccn2c(=O)c1[N+](=O)[O-]. The maximum Gasteiger partial charge on any atom is 0.366 e. The summed E-state index contributed by atoms with van der Waals surface area (Å²) in [4.78, 5) is 27.1. The second-order valence-corrected chi connectivity index (χ2v) is 5.81. The second-order valence-electron chi connectivity index (χ2n) is 4.86. The molecular weight excluding hydrogens is 322 g/mol. The van der Waals surface area contributed by atoms with Gasteiger partial charge in [0.2, 0.25) is 5.16 Å². The number of hydrogen-bond donors (Lipinski definition) is 0. The van der Waals surface area contributed by atoms with Gasteiger partial charge in [0.05, 0.1) is 11.0 Å². The van der Waals surface area contributed by atoms with Crippen molar-refractivity contribution in [1.82, 2.24) is 29.6 Å². The highest BCUT2D eigenvalue weighted by molar-refractivity contribution is 7.99. The van der Waals surface area contributed by atoms with Crippen LogP contribution >= 0.6 is 11.8 Å². The number of tetrazole rings is 1. The van der Waals surface area contributed by atoms with E-state index >= 15 is 0 Å². The molecule has 0 unspecified atom stereocenters. The van der Waals surface area contributed by atoms with Crippen molar-refractivity contribution in [2.24, 2.45) is 0 Å². The first kappa shape index (κ1) is 15.1. The van der Waals surface area contributed by atoms with E-state index in [2.05, 4.69) is 20.5 Å². The number of rotatable bonds is 4. The van der Waals surface area contributed by atoms with E-state index in [0.29, 0.717) is 10.8 Å². The maximum absolute atomic E-state index is 12.3. The Balaban J connectivity index is 2.20. The van der Waals surface area contributed by atoms with E-state index in [0.717, 1.165) is 16.2 Å². The van der Waals surface area contributed by atoms with E-state index in [1.54, 1.807) is 18.2 Å². The van der Waals surface area contributed by atoms with Crippen LogP contribution in [-0.4, -0.2) is 34.5 Å². The molecule has 0 aromatic carbocycles. The zero-order valence-electron chi connectivity index (χ0n) is 12.2. The van der Waals surface area contributed by atoms with E-state index in [1.807, 2.05) is 13.8 Å². The zero-order chi connectivity index (χ0) is 16.6. The predicted molar refractivity (Wildman–Crippen MR) is 80.4 cm³/mol. The molecule has 0 N–H and O–H groups in total. The van der Waals surface area contributed by atoms with Gasteiger partial charge in [0.1, 0.15) is 5.65 Å². The van der Waals surface area contributed by atoms with Gasteiger partial charge in [0.25, 0.3) is 0 Å². The first-order valence-electron chi connectivity index (χ1n) is 6.60. The Labute approximate surface area is 133 Å². The molecule has 3 aromatic heterocycles. The summed E-state index contributed by atoms with van der Waals surface area (Å²) in [5.41, 5.74) is -1.03. The van der Waals surface area contributed by atoms with Crippen LogP contribution < -0.4 is 5.56 Å². The average Bonchev–Trinajstić information content (AvgIpc) is 2.95. The standard InChI is InChI=1S/C12H11N7O3S/c1-7(2)18-12(14-15-16-18)23-10-9(19(21)22)11(20)17-6-4-3-5-8(17)13-10/h3-7H,1-2H3. The summed E-state index contributed by atoms with van der Waals surface area (Å²) in [5.74, 6) is 0. The van der Waals surface area contributed by atoms with E-state index < -0.39 is 16.2 Å². The Morgan fingerprint density at radius 1 is 1.35 bits per heavy atom. The van der Waals surface area contributed by atoms with Gasteiger partial charge < -0.3 is 0 Å². The summed E-state index contributed by atoms with van der Waals surface area (Å²) in [6, 6.07) is 4.86. The highest BCUT2D eigenvalue weighted by Gasteiger charge is 2.26. The van der Waals surface area contributed by atoms with Gasteiger partial charge in [-0.25, -0.2) is 9.67 Å². The fourth-order valence-corrected chi connectivity index (χ4v) is 2.94. The van der Waals surface area contributed by atoms with Gasteiger partial charge in [-0.05, 0) is 48.2 Å². The van der Waals surface area contributed by atoms with Crippen LogP contribution in [0.3, 0.4) is 0 Å². The van der Waals surface area contributed by atoms with Crippen molar-refractivity contribution in [1.29, 1.82) is 0 Å². The molecular formula is C12H11N7O3S. The van der Waals surface area contributed by atoms with Crippen molar-refractivity contribution in [3.05, 3.63) is 44.9 Å². The predicted octanol–water partition coefficient (Wildman–Crippen LogP) is 1.32. The van der Waals surface area contributed by atoms with E-state index in [1.165, 1.54) is 10.9 Å². The van der Waals surface area contributed by atoms with Crippen LogP contribution in [0.1, 0.15) is 19.9 Å². The Morgan fingerprint density at radius 3 is 2.83 bits per heavy atom. The van der Waals surface area contributed by atoms with Gasteiger partial charge in [-0.2, -0.15) is 0 Å². The van der Waals surface area contributed by atoms with E-state index in [-0.39, 0.29) is 11.1 Å². The number of fused-ring (bicyclic) bond motifs is 1. The number of pyridine rings is 1. The Bertz CT molecular complexity index is 949. The van der Waals surface area contributed by atoms with Gasteiger partial charge in [-0.3, -0.25) is 19.3 Å². The summed E-state index contributed by atoms with van der Waals surface area (Å²) in [7, 11) is 0. The van der Waals surface area contributed by atoms with Gasteiger partial charge in [0, 0.05) is 6.20 Å². The summed E-state index contributed by atoms with van der Waals surface area (Å²) in [6.45, 7) is 3.75. The molecule has 0 spiro atoms. The summed E-state index contributed by atoms with van der Waals surface area (Å²) >= 11 is 0.894. The lowest BCUT2D eigenvalue weighted by Crippen LogP contribution is -2.19. The lowest BCUT2D eigenvalue weighted by Gasteiger charge is -2.07. The summed E-state index contributed by atoms with van der Waals surface area (Å²) in [5, 5.41) is 22.8. The third-order valence-corrected chi connectivity index (χ3v) is 3.93. The normalized spacial score (nSPS) is 11.3. The highest BCUT2D eigenvalue weighted by Crippen LogP contribution is 2.30. The molecule has 118 valence electrons. The lowest BCUT2D eigenvalue weighted by molar-refractivity contribution is -0.389. The topological polar surface area (TPSA) is 121 Å². The van der Waals surface area contributed by atoms with Crippen LogP contribution in [0.4, 0.5) is 5.69 Å². The molecule has 10 nitrogen and oxygen atoms in total. The molecule has 0 aliphatic carbocycles. The van der Waals surface area contributed by atoms with Gasteiger partial charge in [-0.15, -0.1) is 5.10 Å². The quantitative estimate of drug-likeness (QED) is 0.398. The second kappa shape index (κ2) is 5.76. The molecule has 0 fully saturated rings. The molecule has 0 atom stereocenters. The van der Waals surface area contributed by atoms with Crippen LogP contribution in [0, 0.1) is 10.1 Å². The molecule has 3 heterocycles. The maximum atomic E-state index is 12.3. The number of hydrogen-bond acceptors (Lipinski definition) is 8. The minimum atomic E-state index is -0.744. The number of nitrogens with zero attached hydrogens (tertiary/aromatic N) is 7. The fraction of sp³-hybridized carbons (Fsp3) is 0.250. The molecule has 0 aliphatic rings. The Kier molecular flexibility index (Phi) is 3.78. The number of nitro groups is 1. The van der Waals surface area contributed by atoms with Crippen molar-refractivity contribution in [2.45, 2.75) is 30.1 Å². The largest absolute Gasteiger partial charge is 0.366 e. The van der Waals surface area contributed by atoms with Crippen molar-refractivity contribution in [2.75, 3.05) is 0 Å².